The molecule has 0 aromatic heterocycles. The molecule has 1 aliphatic rings. The number of anilines is 1. The third-order valence-corrected chi connectivity index (χ3v) is 6.42. The Morgan fingerprint density at radius 2 is 1.75 bits per heavy atom. The number of likely N-dealkylation sites (N-methyl/N-ethyl adjacent to an activating group) is 1. The van der Waals surface area contributed by atoms with Crippen LogP contribution in [0, 0.1) is 10.1 Å². The summed E-state index contributed by atoms with van der Waals surface area (Å²) < 4.78 is 12.3. The lowest BCUT2D eigenvalue weighted by atomic mass is 10.1. The Bertz CT molecular complexity index is 1340. The molecular weight excluding hydrogens is 546 g/mol. The van der Waals surface area contributed by atoms with E-state index in [-0.39, 0.29) is 18.2 Å². The number of rotatable bonds is 8. The monoisotopic (exact) mass is 567 g/mol. The molecule has 0 spiro atoms. The number of hydrogen-bond donors (Lipinski definition) is 0. The van der Waals surface area contributed by atoms with Crippen LogP contribution in [0.1, 0.15) is 18.1 Å². The molecule has 0 aliphatic carbocycles. The van der Waals surface area contributed by atoms with E-state index in [2.05, 4.69) is 15.9 Å². The Labute approximate surface area is 222 Å². The molecule has 1 fully saturated rings. The number of ether oxygens (including phenoxy) is 2. The molecule has 184 valence electrons. The number of amides is 1. The molecule has 36 heavy (non-hydrogen) atoms. The summed E-state index contributed by atoms with van der Waals surface area (Å²) in [6, 6.07) is 18.8. The van der Waals surface area contributed by atoms with Gasteiger partial charge in [-0.15, -0.1) is 0 Å². The fourth-order valence-corrected chi connectivity index (χ4v) is 4.29. The van der Waals surface area contributed by atoms with Crippen molar-refractivity contribution in [1.82, 2.24) is 4.90 Å². The average molecular weight is 568 g/mol. The smallest absolute Gasteiger partial charge is 0.281 e. The Morgan fingerprint density at radius 1 is 1.06 bits per heavy atom. The molecule has 4 rings (SSSR count). The molecule has 1 amide bonds. The van der Waals surface area contributed by atoms with Crippen LogP contribution in [0.3, 0.4) is 0 Å². The Morgan fingerprint density at radius 3 is 2.39 bits per heavy atom. The molecule has 3 aromatic rings. The van der Waals surface area contributed by atoms with Gasteiger partial charge in [0.15, 0.2) is 5.11 Å². The largest absolute Gasteiger partial charge is 0.494 e. The van der Waals surface area contributed by atoms with Gasteiger partial charge in [-0.25, -0.2) is 0 Å². The molecule has 0 saturated carbocycles. The minimum atomic E-state index is -0.445. The van der Waals surface area contributed by atoms with Crippen molar-refractivity contribution in [1.29, 1.82) is 0 Å². The van der Waals surface area contributed by atoms with E-state index in [4.69, 9.17) is 21.7 Å². The molecule has 0 N–H and O–H groups in total. The van der Waals surface area contributed by atoms with E-state index in [9.17, 15) is 14.9 Å². The predicted molar refractivity (Wildman–Crippen MR) is 145 cm³/mol. The summed E-state index contributed by atoms with van der Waals surface area (Å²) in [6.07, 6.45) is 1.74. The molecule has 1 aliphatic heterocycles. The van der Waals surface area contributed by atoms with Gasteiger partial charge < -0.3 is 14.4 Å². The Kier molecular flexibility index (Phi) is 7.66. The predicted octanol–water partition coefficient (Wildman–Crippen LogP) is 5.94. The SMILES string of the molecule is CCOc1ccc(N2C(=O)/C(=C/c3cc(Br)ccc3OCc3ccc([N+](=O)[O-])cc3)N(C)C2=S)cc1. The minimum Gasteiger partial charge on any atom is -0.494 e. The van der Waals surface area contributed by atoms with Crippen LogP contribution in [0.5, 0.6) is 11.5 Å². The zero-order valence-electron chi connectivity index (χ0n) is 19.5. The van der Waals surface area contributed by atoms with Crippen molar-refractivity contribution in [2.24, 2.45) is 0 Å². The summed E-state index contributed by atoms with van der Waals surface area (Å²) in [6.45, 7) is 2.67. The highest BCUT2D eigenvalue weighted by atomic mass is 79.9. The van der Waals surface area contributed by atoms with Crippen LogP contribution >= 0.6 is 28.1 Å². The van der Waals surface area contributed by atoms with Gasteiger partial charge in [0, 0.05) is 29.2 Å². The quantitative estimate of drug-likeness (QED) is 0.144. The summed E-state index contributed by atoms with van der Waals surface area (Å²) in [5, 5.41) is 11.2. The van der Waals surface area contributed by atoms with Crippen LogP contribution in [0.15, 0.2) is 76.9 Å². The van der Waals surface area contributed by atoms with Crippen molar-refractivity contribution >= 4 is 56.6 Å². The van der Waals surface area contributed by atoms with Gasteiger partial charge in [-0.2, -0.15) is 0 Å². The van der Waals surface area contributed by atoms with Crippen LogP contribution in [0.2, 0.25) is 0 Å². The van der Waals surface area contributed by atoms with E-state index >= 15 is 0 Å². The number of nitro benzene ring substituents is 1. The fourth-order valence-electron chi connectivity index (χ4n) is 3.63. The molecule has 0 unspecified atom stereocenters. The molecule has 0 bridgehead atoms. The average Bonchev–Trinajstić information content (AvgIpc) is 3.07. The maximum atomic E-state index is 13.4. The number of non-ortho nitro benzene ring substituents is 1. The van der Waals surface area contributed by atoms with Crippen molar-refractivity contribution in [2.75, 3.05) is 18.6 Å². The summed E-state index contributed by atoms with van der Waals surface area (Å²) in [5.74, 6) is 1.01. The highest BCUT2D eigenvalue weighted by Gasteiger charge is 2.37. The Balaban J connectivity index is 1.59. The maximum absolute atomic E-state index is 13.4. The molecule has 10 heteroatoms. The zero-order valence-corrected chi connectivity index (χ0v) is 21.9. The first-order chi connectivity index (χ1) is 17.3. The van der Waals surface area contributed by atoms with Crippen LogP contribution in [-0.2, 0) is 11.4 Å². The van der Waals surface area contributed by atoms with Gasteiger partial charge in [0.05, 0.1) is 17.2 Å². The number of hydrogen-bond acceptors (Lipinski definition) is 6. The highest BCUT2D eigenvalue weighted by molar-refractivity contribution is 9.10. The molecule has 3 aromatic carbocycles. The first-order valence-electron chi connectivity index (χ1n) is 11.0. The van der Waals surface area contributed by atoms with E-state index < -0.39 is 4.92 Å². The van der Waals surface area contributed by atoms with Crippen LogP contribution < -0.4 is 14.4 Å². The Hall–Kier alpha value is -3.76. The second-order valence-corrected chi connectivity index (χ2v) is 9.11. The van der Waals surface area contributed by atoms with E-state index in [1.807, 2.05) is 19.1 Å². The third-order valence-electron chi connectivity index (χ3n) is 5.47. The number of nitro groups is 1. The van der Waals surface area contributed by atoms with Crippen LogP contribution in [0.4, 0.5) is 11.4 Å². The third kappa shape index (κ3) is 5.39. The van der Waals surface area contributed by atoms with Crippen molar-refractivity contribution in [3.05, 3.63) is 98.1 Å². The van der Waals surface area contributed by atoms with Crippen LogP contribution in [-0.4, -0.2) is 34.5 Å². The van der Waals surface area contributed by atoms with E-state index in [0.717, 1.165) is 10.0 Å². The molecule has 0 radical (unpaired) electrons. The van der Waals surface area contributed by atoms with Crippen molar-refractivity contribution in [3.8, 4) is 11.5 Å². The van der Waals surface area contributed by atoms with Gasteiger partial charge in [-0.3, -0.25) is 19.8 Å². The molecule has 8 nitrogen and oxygen atoms in total. The lowest BCUT2D eigenvalue weighted by Crippen LogP contribution is -2.31. The van der Waals surface area contributed by atoms with E-state index in [1.54, 1.807) is 60.5 Å². The normalized spacial score (nSPS) is 14.5. The maximum Gasteiger partial charge on any atom is 0.281 e. The second kappa shape index (κ2) is 10.9. The lowest BCUT2D eigenvalue weighted by molar-refractivity contribution is -0.384. The van der Waals surface area contributed by atoms with Crippen molar-refractivity contribution in [2.45, 2.75) is 13.5 Å². The topological polar surface area (TPSA) is 85.1 Å². The minimum absolute atomic E-state index is 0.0173. The standard InChI is InChI=1S/C26H22BrN3O5S/c1-3-34-22-11-9-20(10-12-22)29-25(31)23(28(2)26(29)36)15-18-14-19(27)6-13-24(18)35-16-17-4-7-21(8-5-17)30(32)33/h4-15H,3,16H2,1-2H3/b23-15-. The summed E-state index contributed by atoms with van der Waals surface area (Å²) in [7, 11) is 1.75. The molecule has 1 saturated heterocycles. The van der Waals surface area contributed by atoms with Gasteiger partial charge in [0.2, 0.25) is 0 Å². The highest BCUT2D eigenvalue weighted by Crippen LogP contribution is 2.32. The van der Waals surface area contributed by atoms with Gasteiger partial charge in [0.25, 0.3) is 11.6 Å². The van der Waals surface area contributed by atoms with Gasteiger partial charge in [-0.05, 0) is 85.4 Å². The molecular formula is C26H22BrN3O5S. The number of thiocarbonyl (C=S) groups is 1. The van der Waals surface area contributed by atoms with Crippen molar-refractivity contribution < 1.29 is 19.2 Å². The first kappa shape index (κ1) is 25.3. The number of carbonyl (C=O) groups is 1. The van der Waals surface area contributed by atoms with Gasteiger partial charge in [0.1, 0.15) is 23.8 Å². The van der Waals surface area contributed by atoms with Gasteiger partial charge in [-0.1, -0.05) is 15.9 Å². The summed E-state index contributed by atoms with van der Waals surface area (Å²) in [4.78, 5) is 27.0. The number of halogens is 1. The fraction of sp³-hybridized carbons (Fsp3) is 0.154. The lowest BCUT2D eigenvalue weighted by Gasteiger charge is -2.16. The van der Waals surface area contributed by atoms with Crippen LogP contribution in [0.25, 0.3) is 6.08 Å². The zero-order chi connectivity index (χ0) is 25.8. The van der Waals surface area contributed by atoms with E-state index in [0.29, 0.717) is 40.2 Å². The second-order valence-electron chi connectivity index (χ2n) is 7.83. The van der Waals surface area contributed by atoms with Gasteiger partial charge >= 0.3 is 0 Å². The molecule has 1 heterocycles. The number of benzene rings is 3. The number of carbonyl (C=O) groups excluding carboxylic acids is 1. The van der Waals surface area contributed by atoms with Crippen molar-refractivity contribution in [3.63, 3.8) is 0 Å². The molecule has 0 atom stereocenters. The number of nitrogens with zero attached hydrogens (tertiary/aromatic N) is 3. The summed E-state index contributed by atoms with van der Waals surface area (Å²) in [5.41, 5.74) is 2.51. The van der Waals surface area contributed by atoms with E-state index in [1.165, 1.54) is 17.0 Å². The first-order valence-corrected chi connectivity index (χ1v) is 12.2. The summed E-state index contributed by atoms with van der Waals surface area (Å²) >= 11 is 9.05.